The van der Waals surface area contributed by atoms with E-state index in [1.807, 2.05) is 12.4 Å². The van der Waals surface area contributed by atoms with E-state index < -0.39 is 0 Å². The number of aromatic nitrogens is 2. The SMILES string of the molecule is CC(C)CNc1ncc(C(C)(C)C)cn1. The summed E-state index contributed by atoms with van der Waals surface area (Å²) < 4.78 is 0. The van der Waals surface area contributed by atoms with E-state index in [-0.39, 0.29) is 5.41 Å². The quantitative estimate of drug-likeness (QED) is 0.828. The van der Waals surface area contributed by atoms with Crippen LogP contribution in [0.5, 0.6) is 0 Å². The standard InChI is InChI=1S/C12H21N3/c1-9(2)6-13-11-14-7-10(8-15-11)12(3,4)5/h7-9H,6H2,1-5H3,(H,13,14,15). The van der Waals surface area contributed by atoms with Crippen molar-refractivity contribution in [1.29, 1.82) is 0 Å². The molecular weight excluding hydrogens is 186 g/mol. The molecule has 1 heterocycles. The summed E-state index contributed by atoms with van der Waals surface area (Å²) in [7, 11) is 0. The predicted octanol–water partition coefficient (Wildman–Crippen LogP) is 2.84. The van der Waals surface area contributed by atoms with Gasteiger partial charge in [-0.1, -0.05) is 34.6 Å². The molecule has 0 atom stereocenters. The Bertz CT molecular complexity index is 296. The van der Waals surface area contributed by atoms with Crippen molar-refractivity contribution in [2.75, 3.05) is 11.9 Å². The second kappa shape index (κ2) is 4.60. The van der Waals surface area contributed by atoms with E-state index in [1.165, 1.54) is 0 Å². The Hall–Kier alpha value is -1.12. The molecule has 0 aliphatic carbocycles. The second-order valence-corrected chi connectivity index (χ2v) is 5.32. The molecule has 3 nitrogen and oxygen atoms in total. The molecule has 84 valence electrons. The van der Waals surface area contributed by atoms with Gasteiger partial charge in [0.05, 0.1) is 0 Å². The van der Waals surface area contributed by atoms with Crippen molar-refractivity contribution in [2.24, 2.45) is 5.92 Å². The normalized spacial score (nSPS) is 11.9. The molecule has 0 saturated carbocycles. The third kappa shape index (κ3) is 3.86. The molecule has 0 saturated heterocycles. The lowest BCUT2D eigenvalue weighted by molar-refractivity contribution is 0.584. The van der Waals surface area contributed by atoms with E-state index in [0.29, 0.717) is 5.92 Å². The van der Waals surface area contributed by atoms with Crippen LogP contribution in [0.15, 0.2) is 12.4 Å². The predicted molar refractivity (Wildman–Crippen MR) is 64.1 cm³/mol. The summed E-state index contributed by atoms with van der Waals surface area (Å²) in [5, 5.41) is 3.20. The fraction of sp³-hybridized carbons (Fsp3) is 0.667. The van der Waals surface area contributed by atoms with Crippen LogP contribution in [0, 0.1) is 5.92 Å². The number of anilines is 1. The lowest BCUT2D eigenvalue weighted by atomic mass is 9.89. The highest BCUT2D eigenvalue weighted by atomic mass is 15.1. The van der Waals surface area contributed by atoms with Crippen molar-refractivity contribution in [3.8, 4) is 0 Å². The van der Waals surface area contributed by atoms with Crippen molar-refractivity contribution in [3.63, 3.8) is 0 Å². The summed E-state index contributed by atoms with van der Waals surface area (Å²) >= 11 is 0. The fourth-order valence-corrected chi connectivity index (χ4v) is 1.10. The van der Waals surface area contributed by atoms with Crippen LogP contribution in [-0.4, -0.2) is 16.5 Å². The van der Waals surface area contributed by atoms with Crippen LogP contribution >= 0.6 is 0 Å². The molecule has 1 rings (SSSR count). The second-order valence-electron chi connectivity index (χ2n) is 5.32. The molecule has 0 spiro atoms. The summed E-state index contributed by atoms with van der Waals surface area (Å²) in [6.45, 7) is 11.7. The molecule has 0 amide bonds. The Morgan fingerprint density at radius 3 is 2.13 bits per heavy atom. The molecule has 15 heavy (non-hydrogen) atoms. The third-order valence-electron chi connectivity index (χ3n) is 2.19. The number of nitrogens with one attached hydrogen (secondary N) is 1. The van der Waals surface area contributed by atoms with Gasteiger partial charge < -0.3 is 5.32 Å². The first-order chi connectivity index (χ1) is 6.89. The Kier molecular flexibility index (Phi) is 3.66. The highest BCUT2D eigenvalue weighted by Crippen LogP contribution is 2.20. The summed E-state index contributed by atoms with van der Waals surface area (Å²) in [5.74, 6) is 1.33. The minimum absolute atomic E-state index is 0.122. The summed E-state index contributed by atoms with van der Waals surface area (Å²) in [4.78, 5) is 8.59. The topological polar surface area (TPSA) is 37.8 Å². The first-order valence-electron chi connectivity index (χ1n) is 5.46. The maximum atomic E-state index is 4.29. The van der Waals surface area contributed by atoms with Crippen molar-refractivity contribution < 1.29 is 0 Å². The fourth-order valence-electron chi connectivity index (χ4n) is 1.10. The first kappa shape index (κ1) is 12.0. The van der Waals surface area contributed by atoms with Crippen molar-refractivity contribution >= 4 is 5.95 Å². The zero-order valence-electron chi connectivity index (χ0n) is 10.3. The molecule has 1 N–H and O–H groups in total. The average molecular weight is 207 g/mol. The maximum absolute atomic E-state index is 4.29. The van der Waals surface area contributed by atoms with Crippen LogP contribution in [0.2, 0.25) is 0 Å². The van der Waals surface area contributed by atoms with Crippen LogP contribution in [0.1, 0.15) is 40.2 Å². The largest absolute Gasteiger partial charge is 0.354 e. The highest BCUT2D eigenvalue weighted by Gasteiger charge is 2.14. The number of hydrogen-bond acceptors (Lipinski definition) is 3. The van der Waals surface area contributed by atoms with Gasteiger partial charge in [0.1, 0.15) is 0 Å². The summed E-state index contributed by atoms with van der Waals surface area (Å²) in [6.07, 6.45) is 3.80. The molecule has 0 aromatic carbocycles. The minimum atomic E-state index is 0.122. The van der Waals surface area contributed by atoms with Crippen molar-refractivity contribution in [1.82, 2.24) is 9.97 Å². The van der Waals surface area contributed by atoms with Gasteiger partial charge >= 0.3 is 0 Å². The molecule has 0 bridgehead atoms. The first-order valence-corrected chi connectivity index (χ1v) is 5.46. The van der Waals surface area contributed by atoms with Gasteiger partial charge in [-0.05, 0) is 16.9 Å². The number of hydrogen-bond donors (Lipinski definition) is 1. The average Bonchev–Trinajstić information content (AvgIpc) is 2.14. The summed E-state index contributed by atoms with van der Waals surface area (Å²) in [5.41, 5.74) is 1.29. The Labute approximate surface area is 92.3 Å². The molecule has 3 heteroatoms. The third-order valence-corrected chi connectivity index (χ3v) is 2.19. The molecule has 1 aromatic heterocycles. The zero-order chi connectivity index (χ0) is 11.5. The Morgan fingerprint density at radius 1 is 1.20 bits per heavy atom. The van der Waals surface area contributed by atoms with E-state index in [2.05, 4.69) is 49.9 Å². The highest BCUT2D eigenvalue weighted by molar-refractivity contribution is 5.27. The van der Waals surface area contributed by atoms with Gasteiger partial charge in [0.2, 0.25) is 5.95 Å². The molecule has 0 aliphatic heterocycles. The number of rotatable bonds is 3. The Morgan fingerprint density at radius 2 is 1.73 bits per heavy atom. The van der Waals surface area contributed by atoms with Gasteiger partial charge in [0.25, 0.3) is 0 Å². The zero-order valence-corrected chi connectivity index (χ0v) is 10.3. The molecule has 0 radical (unpaired) electrons. The molecule has 0 unspecified atom stereocenters. The number of nitrogens with zero attached hydrogens (tertiary/aromatic N) is 2. The van der Waals surface area contributed by atoms with Crippen LogP contribution < -0.4 is 5.32 Å². The van der Waals surface area contributed by atoms with E-state index in [0.717, 1.165) is 18.1 Å². The Balaban J connectivity index is 2.65. The smallest absolute Gasteiger partial charge is 0.222 e. The lowest BCUT2D eigenvalue weighted by Gasteiger charge is -2.18. The van der Waals surface area contributed by atoms with E-state index in [4.69, 9.17) is 0 Å². The van der Waals surface area contributed by atoms with Crippen LogP contribution in [0.3, 0.4) is 0 Å². The van der Waals surface area contributed by atoms with Gasteiger partial charge in [-0.3, -0.25) is 0 Å². The molecule has 1 aromatic rings. The van der Waals surface area contributed by atoms with Gasteiger partial charge in [0.15, 0.2) is 0 Å². The van der Waals surface area contributed by atoms with E-state index in [1.54, 1.807) is 0 Å². The van der Waals surface area contributed by atoms with Gasteiger partial charge in [0, 0.05) is 18.9 Å². The monoisotopic (exact) mass is 207 g/mol. The minimum Gasteiger partial charge on any atom is -0.354 e. The lowest BCUT2D eigenvalue weighted by Crippen LogP contribution is -2.14. The molecular formula is C12H21N3. The van der Waals surface area contributed by atoms with Gasteiger partial charge in [-0.2, -0.15) is 0 Å². The van der Waals surface area contributed by atoms with Gasteiger partial charge in [-0.15, -0.1) is 0 Å². The summed E-state index contributed by atoms with van der Waals surface area (Å²) in [6, 6.07) is 0. The van der Waals surface area contributed by atoms with E-state index in [9.17, 15) is 0 Å². The van der Waals surface area contributed by atoms with Gasteiger partial charge in [-0.25, -0.2) is 9.97 Å². The van der Waals surface area contributed by atoms with Crippen molar-refractivity contribution in [3.05, 3.63) is 18.0 Å². The van der Waals surface area contributed by atoms with Crippen molar-refractivity contribution in [2.45, 2.75) is 40.0 Å². The van der Waals surface area contributed by atoms with Crippen LogP contribution in [0.4, 0.5) is 5.95 Å². The van der Waals surface area contributed by atoms with Crippen LogP contribution in [-0.2, 0) is 5.41 Å². The molecule has 0 fully saturated rings. The molecule has 0 aliphatic rings. The maximum Gasteiger partial charge on any atom is 0.222 e. The van der Waals surface area contributed by atoms with Crippen LogP contribution in [0.25, 0.3) is 0 Å². The van der Waals surface area contributed by atoms with E-state index >= 15 is 0 Å².